The van der Waals surface area contributed by atoms with Crippen molar-refractivity contribution in [3.63, 3.8) is 0 Å². The minimum absolute atomic E-state index is 0.184. The second-order valence-corrected chi connectivity index (χ2v) is 8.34. The standard InChI is InChI=1S/C23H33N5O/c1-18(2)29-22-9-5-4-8-21(22)27-13-11-26(12-14-27)17-23-24-15-20(25-23)16-28-10-6-7-19(28)3/h4-5,8-9,15,18H,3,6-7,10-14,16-17H2,1-2H3,(H,24,25). The molecule has 1 aromatic heterocycles. The number of benzene rings is 1. The minimum Gasteiger partial charge on any atom is -0.489 e. The zero-order valence-corrected chi connectivity index (χ0v) is 17.7. The van der Waals surface area contributed by atoms with Crippen molar-refractivity contribution in [2.75, 3.05) is 37.6 Å². The number of imidazole rings is 1. The molecule has 2 aromatic rings. The molecule has 0 atom stereocenters. The van der Waals surface area contributed by atoms with Gasteiger partial charge in [0.05, 0.1) is 36.8 Å². The SMILES string of the molecule is C=C1CCCN1Cc1cnc(CN2CCN(c3ccccc3OC(C)C)CC2)[nH]1. The fourth-order valence-electron chi connectivity index (χ4n) is 4.18. The maximum atomic E-state index is 6.01. The fourth-order valence-corrected chi connectivity index (χ4v) is 4.18. The zero-order chi connectivity index (χ0) is 20.2. The average molecular weight is 396 g/mol. The smallest absolute Gasteiger partial charge is 0.142 e. The third kappa shape index (κ3) is 4.93. The molecule has 0 bridgehead atoms. The van der Waals surface area contributed by atoms with Crippen LogP contribution >= 0.6 is 0 Å². The van der Waals surface area contributed by atoms with Gasteiger partial charge in [-0.05, 0) is 38.8 Å². The van der Waals surface area contributed by atoms with Crippen molar-refractivity contribution in [3.05, 3.63) is 54.3 Å². The number of aromatic amines is 1. The van der Waals surface area contributed by atoms with E-state index in [1.165, 1.54) is 23.5 Å². The number of para-hydroxylation sites is 2. The van der Waals surface area contributed by atoms with Crippen molar-refractivity contribution in [1.82, 2.24) is 19.8 Å². The van der Waals surface area contributed by atoms with Crippen molar-refractivity contribution in [2.24, 2.45) is 0 Å². The summed E-state index contributed by atoms with van der Waals surface area (Å²) in [5.74, 6) is 2.04. The number of nitrogens with one attached hydrogen (secondary N) is 1. The van der Waals surface area contributed by atoms with Crippen LogP contribution in [-0.4, -0.2) is 58.6 Å². The predicted octanol–water partition coefficient (Wildman–Crippen LogP) is 3.63. The number of anilines is 1. The Balaban J connectivity index is 1.30. The Kier molecular flexibility index (Phi) is 6.09. The van der Waals surface area contributed by atoms with Crippen molar-refractivity contribution in [1.29, 1.82) is 0 Å². The first-order chi connectivity index (χ1) is 14.1. The summed E-state index contributed by atoms with van der Waals surface area (Å²) in [6, 6.07) is 8.37. The average Bonchev–Trinajstić information content (AvgIpc) is 3.32. The van der Waals surface area contributed by atoms with Gasteiger partial charge in [-0.1, -0.05) is 18.7 Å². The molecule has 2 aliphatic rings. The first-order valence-corrected chi connectivity index (χ1v) is 10.8. The molecule has 6 nitrogen and oxygen atoms in total. The van der Waals surface area contributed by atoms with Crippen molar-refractivity contribution in [3.8, 4) is 5.75 Å². The molecule has 3 heterocycles. The molecule has 0 aliphatic carbocycles. The number of rotatable bonds is 7. The van der Waals surface area contributed by atoms with E-state index in [0.29, 0.717) is 0 Å². The molecule has 1 aromatic carbocycles. The van der Waals surface area contributed by atoms with Gasteiger partial charge in [0.25, 0.3) is 0 Å². The van der Waals surface area contributed by atoms with Gasteiger partial charge in [0, 0.05) is 38.4 Å². The van der Waals surface area contributed by atoms with Crippen LogP contribution in [0.3, 0.4) is 0 Å². The Morgan fingerprint density at radius 1 is 1.10 bits per heavy atom. The molecule has 2 aliphatic heterocycles. The Morgan fingerprint density at radius 2 is 1.90 bits per heavy atom. The molecule has 0 amide bonds. The number of likely N-dealkylation sites (tertiary alicyclic amines) is 1. The van der Waals surface area contributed by atoms with E-state index in [4.69, 9.17) is 4.74 Å². The van der Waals surface area contributed by atoms with Gasteiger partial charge < -0.3 is 19.5 Å². The fraction of sp³-hybridized carbons (Fsp3) is 0.522. The first kappa shape index (κ1) is 19.8. The van der Waals surface area contributed by atoms with Crippen molar-refractivity contribution >= 4 is 5.69 Å². The summed E-state index contributed by atoms with van der Waals surface area (Å²) in [4.78, 5) is 15.4. The predicted molar refractivity (Wildman–Crippen MR) is 117 cm³/mol. The summed E-state index contributed by atoms with van der Waals surface area (Å²) >= 11 is 0. The van der Waals surface area contributed by atoms with Gasteiger partial charge >= 0.3 is 0 Å². The Bertz CT molecular complexity index is 822. The number of nitrogens with zero attached hydrogens (tertiary/aromatic N) is 4. The van der Waals surface area contributed by atoms with Gasteiger partial charge in [0.1, 0.15) is 11.6 Å². The van der Waals surface area contributed by atoms with E-state index in [0.717, 1.165) is 63.8 Å². The molecule has 0 saturated carbocycles. The summed E-state index contributed by atoms with van der Waals surface area (Å²) in [5.41, 5.74) is 3.63. The zero-order valence-electron chi connectivity index (χ0n) is 17.7. The van der Waals surface area contributed by atoms with E-state index in [-0.39, 0.29) is 6.10 Å². The molecule has 0 spiro atoms. The van der Waals surface area contributed by atoms with Crippen LogP contribution in [0.25, 0.3) is 0 Å². The number of hydrogen-bond acceptors (Lipinski definition) is 5. The minimum atomic E-state index is 0.184. The van der Waals surface area contributed by atoms with E-state index in [2.05, 4.69) is 63.3 Å². The topological polar surface area (TPSA) is 47.6 Å². The van der Waals surface area contributed by atoms with Gasteiger partial charge in [-0.25, -0.2) is 4.98 Å². The van der Waals surface area contributed by atoms with Crippen LogP contribution in [0.2, 0.25) is 0 Å². The highest BCUT2D eigenvalue weighted by molar-refractivity contribution is 5.58. The van der Waals surface area contributed by atoms with E-state index < -0.39 is 0 Å². The lowest BCUT2D eigenvalue weighted by Crippen LogP contribution is -2.46. The van der Waals surface area contributed by atoms with Crippen LogP contribution in [0, 0.1) is 0 Å². The second-order valence-electron chi connectivity index (χ2n) is 8.34. The highest BCUT2D eigenvalue weighted by Gasteiger charge is 2.21. The Labute approximate surface area is 174 Å². The number of piperazine rings is 1. The molecule has 2 saturated heterocycles. The van der Waals surface area contributed by atoms with Crippen molar-refractivity contribution in [2.45, 2.75) is 45.9 Å². The molecule has 0 radical (unpaired) electrons. The number of aromatic nitrogens is 2. The summed E-state index contributed by atoms with van der Waals surface area (Å²) in [7, 11) is 0. The molecular formula is C23H33N5O. The summed E-state index contributed by atoms with van der Waals surface area (Å²) in [5, 5.41) is 0. The van der Waals surface area contributed by atoms with Crippen LogP contribution in [0.15, 0.2) is 42.7 Å². The van der Waals surface area contributed by atoms with Crippen molar-refractivity contribution < 1.29 is 4.74 Å². The van der Waals surface area contributed by atoms with Crippen LogP contribution in [-0.2, 0) is 13.1 Å². The highest BCUT2D eigenvalue weighted by atomic mass is 16.5. The van der Waals surface area contributed by atoms with Gasteiger partial charge in [0.2, 0.25) is 0 Å². The molecule has 29 heavy (non-hydrogen) atoms. The normalized spacial score (nSPS) is 18.1. The van der Waals surface area contributed by atoms with E-state index >= 15 is 0 Å². The van der Waals surface area contributed by atoms with Gasteiger partial charge in [-0.2, -0.15) is 0 Å². The number of ether oxygens (including phenoxy) is 1. The third-order valence-electron chi connectivity index (χ3n) is 5.70. The molecule has 6 heteroatoms. The van der Waals surface area contributed by atoms with Crippen LogP contribution in [0.1, 0.15) is 38.2 Å². The molecule has 4 rings (SSSR count). The largest absolute Gasteiger partial charge is 0.489 e. The van der Waals surface area contributed by atoms with Gasteiger partial charge in [-0.3, -0.25) is 4.90 Å². The van der Waals surface area contributed by atoms with Gasteiger partial charge in [0.15, 0.2) is 0 Å². The summed E-state index contributed by atoms with van der Waals surface area (Å²) < 4.78 is 6.01. The summed E-state index contributed by atoms with van der Waals surface area (Å²) in [6.07, 6.45) is 4.51. The molecule has 0 unspecified atom stereocenters. The lowest BCUT2D eigenvalue weighted by Gasteiger charge is -2.36. The monoisotopic (exact) mass is 395 g/mol. The Hall–Kier alpha value is -2.47. The van der Waals surface area contributed by atoms with Crippen LogP contribution in [0.4, 0.5) is 5.69 Å². The number of allylic oxidation sites excluding steroid dienone is 1. The maximum Gasteiger partial charge on any atom is 0.142 e. The first-order valence-electron chi connectivity index (χ1n) is 10.8. The molecule has 2 fully saturated rings. The van der Waals surface area contributed by atoms with Gasteiger partial charge in [-0.15, -0.1) is 0 Å². The van der Waals surface area contributed by atoms with E-state index in [1.54, 1.807) is 0 Å². The number of hydrogen-bond donors (Lipinski definition) is 1. The van der Waals surface area contributed by atoms with E-state index in [1.807, 2.05) is 12.3 Å². The molecular weight excluding hydrogens is 362 g/mol. The van der Waals surface area contributed by atoms with Crippen LogP contribution < -0.4 is 9.64 Å². The maximum absolute atomic E-state index is 6.01. The van der Waals surface area contributed by atoms with Crippen LogP contribution in [0.5, 0.6) is 5.75 Å². The third-order valence-corrected chi connectivity index (χ3v) is 5.70. The lowest BCUT2D eigenvalue weighted by atomic mass is 10.2. The Morgan fingerprint density at radius 3 is 2.62 bits per heavy atom. The quantitative estimate of drug-likeness (QED) is 0.776. The molecule has 156 valence electrons. The highest BCUT2D eigenvalue weighted by Crippen LogP contribution is 2.29. The summed E-state index contributed by atoms with van der Waals surface area (Å²) in [6.45, 7) is 15.2. The lowest BCUT2D eigenvalue weighted by molar-refractivity contribution is 0.233. The molecule has 1 N–H and O–H groups in total. The van der Waals surface area contributed by atoms with E-state index in [9.17, 15) is 0 Å². The second kappa shape index (κ2) is 8.91. The number of H-pyrrole nitrogens is 1.